The van der Waals surface area contributed by atoms with Crippen molar-refractivity contribution in [2.24, 2.45) is 5.41 Å². The molecule has 1 atom stereocenters. The Morgan fingerprint density at radius 1 is 1.25 bits per heavy atom. The van der Waals surface area contributed by atoms with Crippen LogP contribution in [0, 0.1) is 5.41 Å². The highest BCUT2D eigenvalue weighted by molar-refractivity contribution is 5.85. The molecule has 1 unspecified atom stereocenters. The van der Waals surface area contributed by atoms with Gasteiger partial charge in [-0.1, -0.05) is 6.42 Å². The van der Waals surface area contributed by atoms with Crippen LogP contribution in [0.5, 0.6) is 0 Å². The van der Waals surface area contributed by atoms with Crippen molar-refractivity contribution < 1.29 is 4.79 Å². The minimum absolute atomic E-state index is 0. The van der Waals surface area contributed by atoms with Crippen LogP contribution in [0.4, 0.5) is 0 Å². The van der Waals surface area contributed by atoms with Gasteiger partial charge in [0.2, 0.25) is 5.91 Å². The summed E-state index contributed by atoms with van der Waals surface area (Å²) in [5.41, 5.74) is 0.550. The molecule has 3 rings (SSSR count). The third-order valence-corrected chi connectivity index (χ3v) is 4.52. The van der Waals surface area contributed by atoms with E-state index in [-0.39, 0.29) is 18.4 Å². The number of hydrogen-bond donors (Lipinski definition) is 1. The standard InChI is InChI=1S/C12H20N2O.ClH/c15-11(10-3-1-7-13-10)14-8-6-12(9-14)4-2-5-12;/h10,13H,1-9H2;1H. The summed E-state index contributed by atoms with van der Waals surface area (Å²) in [5, 5.41) is 3.31. The van der Waals surface area contributed by atoms with Crippen molar-refractivity contribution in [2.45, 2.75) is 44.6 Å². The van der Waals surface area contributed by atoms with Crippen molar-refractivity contribution in [3.63, 3.8) is 0 Å². The summed E-state index contributed by atoms with van der Waals surface area (Å²) in [4.78, 5) is 14.3. The molecule has 1 amide bonds. The van der Waals surface area contributed by atoms with E-state index >= 15 is 0 Å². The van der Waals surface area contributed by atoms with E-state index in [2.05, 4.69) is 10.2 Å². The van der Waals surface area contributed by atoms with E-state index in [1.807, 2.05) is 0 Å². The lowest BCUT2D eigenvalue weighted by Crippen LogP contribution is -2.44. The number of carbonyl (C=O) groups excluding carboxylic acids is 1. The van der Waals surface area contributed by atoms with Crippen molar-refractivity contribution in [3.8, 4) is 0 Å². The van der Waals surface area contributed by atoms with Crippen molar-refractivity contribution >= 4 is 18.3 Å². The van der Waals surface area contributed by atoms with Gasteiger partial charge in [-0.3, -0.25) is 4.79 Å². The number of nitrogens with one attached hydrogen (secondary N) is 1. The maximum atomic E-state index is 12.1. The van der Waals surface area contributed by atoms with Crippen LogP contribution in [0.15, 0.2) is 0 Å². The van der Waals surface area contributed by atoms with Gasteiger partial charge in [0.1, 0.15) is 0 Å². The molecule has 1 spiro atoms. The van der Waals surface area contributed by atoms with Gasteiger partial charge in [-0.25, -0.2) is 0 Å². The van der Waals surface area contributed by atoms with Crippen molar-refractivity contribution in [1.29, 1.82) is 0 Å². The third kappa shape index (κ3) is 1.95. The van der Waals surface area contributed by atoms with Crippen LogP contribution in [0.3, 0.4) is 0 Å². The topological polar surface area (TPSA) is 32.3 Å². The molecule has 16 heavy (non-hydrogen) atoms. The summed E-state index contributed by atoms with van der Waals surface area (Å²) in [6.45, 7) is 3.08. The zero-order valence-corrected chi connectivity index (χ0v) is 10.5. The molecule has 1 N–H and O–H groups in total. The van der Waals surface area contributed by atoms with E-state index < -0.39 is 0 Å². The first kappa shape index (κ1) is 12.2. The molecule has 2 aliphatic heterocycles. The minimum Gasteiger partial charge on any atom is -0.341 e. The first-order valence-electron chi connectivity index (χ1n) is 6.31. The molecule has 2 heterocycles. The predicted molar refractivity (Wildman–Crippen MR) is 65.8 cm³/mol. The monoisotopic (exact) mass is 244 g/mol. The molecule has 0 bridgehead atoms. The van der Waals surface area contributed by atoms with Gasteiger partial charge >= 0.3 is 0 Å². The number of hydrogen-bond acceptors (Lipinski definition) is 2. The second-order valence-corrected chi connectivity index (χ2v) is 5.51. The summed E-state index contributed by atoms with van der Waals surface area (Å²) in [7, 11) is 0. The molecule has 4 heteroatoms. The van der Waals surface area contributed by atoms with Crippen LogP contribution in [0.2, 0.25) is 0 Å². The number of halogens is 1. The molecule has 3 aliphatic rings. The lowest BCUT2D eigenvalue weighted by Gasteiger charge is -2.38. The Labute approximate surface area is 103 Å². The van der Waals surface area contributed by atoms with Gasteiger partial charge in [-0.15, -0.1) is 12.4 Å². The van der Waals surface area contributed by atoms with Gasteiger partial charge in [0.15, 0.2) is 0 Å². The average molecular weight is 245 g/mol. The Balaban J connectivity index is 0.000000963. The van der Waals surface area contributed by atoms with Crippen LogP contribution in [-0.4, -0.2) is 36.5 Å². The Kier molecular flexibility index (Phi) is 3.45. The average Bonchev–Trinajstić information content (AvgIpc) is 2.85. The first-order valence-corrected chi connectivity index (χ1v) is 6.31. The molecule has 3 fully saturated rings. The van der Waals surface area contributed by atoms with Gasteiger partial charge in [-0.05, 0) is 44.1 Å². The fraction of sp³-hybridized carbons (Fsp3) is 0.917. The fourth-order valence-corrected chi connectivity index (χ4v) is 3.32. The van der Waals surface area contributed by atoms with Crippen LogP contribution in [0.1, 0.15) is 38.5 Å². The van der Waals surface area contributed by atoms with E-state index in [9.17, 15) is 4.79 Å². The lowest BCUT2D eigenvalue weighted by atomic mass is 9.68. The van der Waals surface area contributed by atoms with Gasteiger partial charge in [0.05, 0.1) is 6.04 Å². The number of rotatable bonds is 1. The highest BCUT2D eigenvalue weighted by Crippen LogP contribution is 2.48. The van der Waals surface area contributed by atoms with E-state index in [1.165, 1.54) is 25.7 Å². The highest BCUT2D eigenvalue weighted by Gasteiger charge is 2.45. The fourth-order valence-electron chi connectivity index (χ4n) is 3.32. The summed E-state index contributed by atoms with van der Waals surface area (Å²) in [6.07, 6.45) is 7.55. The Morgan fingerprint density at radius 3 is 2.56 bits per heavy atom. The quantitative estimate of drug-likeness (QED) is 0.760. The van der Waals surface area contributed by atoms with Crippen LogP contribution in [-0.2, 0) is 4.79 Å². The summed E-state index contributed by atoms with van der Waals surface area (Å²) < 4.78 is 0. The first-order chi connectivity index (χ1) is 7.29. The highest BCUT2D eigenvalue weighted by atomic mass is 35.5. The van der Waals surface area contributed by atoms with Crippen molar-refractivity contribution in [3.05, 3.63) is 0 Å². The zero-order valence-electron chi connectivity index (χ0n) is 9.71. The van der Waals surface area contributed by atoms with Gasteiger partial charge in [0, 0.05) is 13.1 Å². The van der Waals surface area contributed by atoms with Crippen molar-refractivity contribution in [1.82, 2.24) is 10.2 Å². The lowest BCUT2D eigenvalue weighted by molar-refractivity contribution is -0.132. The third-order valence-electron chi connectivity index (χ3n) is 4.52. The molecule has 2 saturated heterocycles. The number of nitrogens with zero attached hydrogens (tertiary/aromatic N) is 1. The minimum atomic E-state index is 0. The molecule has 92 valence electrons. The molecule has 0 aromatic heterocycles. The van der Waals surface area contributed by atoms with E-state index in [0.717, 1.165) is 32.5 Å². The normalized spacial score (nSPS) is 31.2. The molecule has 3 nitrogen and oxygen atoms in total. The summed E-state index contributed by atoms with van der Waals surface area (Å²) in [5.74, 6) is 0.372. The van der Waals surface area contributed by atoms with Gasteiger partial charge in [-0.2, -0.15) is 0 Å². The van der Waals surface area contributed by atoms with E-state index in [0.29, 0.717) is 11.3 Å². The molecule has 1 aliphatic carbocycles. The van der Waals surface area contributed by atoms with Crippen molar-refractivity contribution in [2.75, 3.05) is 19.6 Å². The maximum Gasteiger partial charge on any atom is 0.239 e. The molecule has 0 radical (unpaired) electrons. The Morgan fingerprint density at radius 2 is 2.06 bits per heavy atom. The van der Waals surface area contributed by atoms with Crippen LogP contribution in [0.25, 0.3) is 0 Å². The van der Waals surface area contributed by atoms with E-state index in [1.54, 1.807) is 0 Å². The Bertz CT molecular complexity index is 272. The number of likely N-dealkylation sites (tertiary alicyclic amines) is 1. The van der Waals surface area contributed by atoms with E-state index in [4.69, 9.17) is 0 Å². The molecule has 0 aromatic rings. The van der Waals surface area contributed by atoms with Crippen LogP contribution < -0.4 is 5.32 Å². The summed E-state index contributed by atoms with van der Waals surface area (Å²) >= 11 is 0. The molecular weight excluding hydrogens is 224 g/mol. The number of amides is 1. The smallest absolute Gasteiger partial charge is 0.239 e. The predicted octanol–water partition coefficient (Wildman–Crippen LogP) is 1.56. The van der Waals surface area contributed by atoms with Gasteiger partial charge < -0.3 is 10.2 Å². The molecule has 0 aromatic carbocycles. The Hall–Kier alpha value is -0.280. The molecule has 1 saturated carbocycles. The summed E-state index contributed by atoms with van der Waals surface area (Å²) in [6, 6.07) is 0.139. The largest absolute Gasteiger partial charge is 0.341 e. The second-order valence-electron chi connectivity index (χ2n) is 5.51. The maximum absolute atomic E-state index is 12.1. The SMILES string of the molecule is Cl.O=C(C1CCCN1)N1CCC2(CCC2)C1. The van der Waals surface area contributed by atoms with Crippen LogP contribution >= 0.6 is 12.4 Å². The second kappa shape index (κ2) is 4.53. The zero-order chi connectivity index (χ0) is 10.3. The molecular formula is C12H21ClN2O. The van der Waals surface area contributed by atoms with Gasteiger partial charge in [0.25, 0.3) is 0 Å². The number of carbonyl (C=O) groups is 1.